The monoisotopic (exact) mass is 521 g/mol. The molecule has 0 N–H and O–H groups in total. The summed E-state index contributed by atoms with van der Waals surface area (Å²) in [6, 6.07) is 47.9. The highest BCUT2D eigenvalue weighted by Gasteiger charge is 2.72. The number of hydrogen-bond acceptors (Lipinski definition) is 2. The van der Waals surface area contributed by atoms with Gasteiger partial charge in [-0.15, -0.1) is 4.81 Å². The number of benzene rings is 5. The lowest BCUT2D eigenvalue weighted by Crippen LogP contribution is -2.55. The Kier molecular flexibility index (Phi) is 4.61. The molecule has 5 aromatic carbocycles. The zero-order chi connectivity index (χ0) is 26.0. The zero-order valence-corrected chi connectivity index (χ0v) is 21.7. The second kappa shape index (κ2) is 8.09. The fourth-order valence-corrected chi connectivity index (χ4v) is 6.88. The molecule has 6 heteroatoms. The van der Waals surface area contributed by atoms with E-state index in [1.165, 1.54) is 0 Å². The van der Waals surface area contributed by atoms with Crippen LogP contribution < -0.4 is 9.80 Å². The minimum Gasteiger partial charge on any atom is -0.300 e. The van der Waals surface area contributed by atoms with E-state index in [0.29, 0.717) is 5.11 Å². The smallest absolute Gasteiger partial charge is 0.225 e. The van der Waals surface area contributed by atoms with Gasteiger partial charge in [-0.05, 0) is 58.7 Å². The van der Waals surface area contributed by atoms with Gasteiger partial charge < -0.3 is 9.80 Å². The second-order valence-electron chi connectivity index (χ2n) is 9.89. The second-order valence-corrected chi connectivity index (χ2v) is 10.3. The zero-order valence-electron chi connectivity index (χ0n) is 20.9. The van der Waals surface area contributed by atoms with Crippen LogP contribution in [0, 0.1) is 0 Å². The van der Waals surface area contributed by atoms with Gasteiger partial charge in [-0.2, -0.15) is 10.5 Å². The molecule has 0 bridgehead atoms. The summed E-state index contributed by atoms with van der Waals surface area (Å²) in [7, 11) is 0. The third-order valence-electron chi connectivity index (χ3n) is 7.91. The first kappa shape index (κ1) is 22.2. The Hall–Kier alpha value is -4.81. The molecular formula is C33H23N5S. The maximum absolute atomic E-state index is 6.41. The fraction of sp³-hybridized carbons (Fsp3) is 0.0606. The van der Waals surface area contributed by atoms with Gasteiger partial charge in [0, 0.05) is 23.5 Å². The average molecular weight is 522 g/mol. The van der Waals surface area contributed by atoms with Crippen molar-refractivity contribution >= 4 is 34.4 Å². The summed E-state index contributed by atoms with van der Waals surface area (Å²) in [6.45, 7) is 0. The van der Waals surface area contributed by atoms with E-state index in [1.54, 1.807) is 0 Å². The van der Waals surface area contributed by atoms with Crippen molar-refractivity contribution in [2.45, 2.75) is 11.3 Å². The van der Waals surface area contributed by atoms with Gasteiger partial charge in [0.05, 0.1) is 0 Å². The molecule has 5 nitrogen and oxygen atoms in total. The van der Waals surface area contributed by atoms with E-state index in [4.69, 9.17) is 22.8 Å². The molecule has 2 aliphatic heterocycles. The van der Waals surface area contributed by atoms with Crippen molar-refractivity contribution in [1.82, 2.24) is 0 Å². The van der Waals surface area contributed by atoms with E-state index in [0.717, 1.165) is 39.3 Å². The van der Waals surface area contributed by atoms with Crippen molar-refractivity contribution in [3.8, 4) is 11.1 Å². The van der Waals surface area contributed by atoms with Gasteiger partial charge in [0.1, 0.15) is 0 Å². The van der Waals surface area contributed by atoms with Gasteiger partial charge in [0.25, 0.3) is 0 Å². The van der Waals surface area contributed by atoms with Crippen LogP contribution in [0.15, 0.2) is 145 Å². The summed E-state index contributed by atoms with van der Waals surface area (Å²) in [5.74, 6) is 0. The van der Waals surface area contributed by atoms with Crippen LogP contribution in [0.25, 0.3) is 16.6 Å². The summed E-state index contributed by atoms with van der Waals surface area (Å²) >= 11 is 6.41. The minimum atomic E-state index is -0.998. The van der Waals surface area contributed by atoms with Crippen LogP contribution in [0.3, 0.4) is 0 Å². The van der Waals surface area contributed by atoms with Crippen molar-refractivity contribution in [3.63, 3.8) is 0 Å². The molecule has 0 aromatic heterocycles. The van der Waals surface area contributed by atoms with Crippen molar-refractivity contribution in [3.05, 3.63) is 156 Å². The minimum absolute atomic E-state index is 0.652. The van der Waals surface area contributed by atoms with E-state index >= 15 is 0 Å². The largest absolute Gasteiger partial charge is 0.300 e. The SMILES string of the molecule is S=C1N(c2ccccc2)[C@@]23N=[N+](c4ccccc4)[N-][C@@]2(c2ccccc2-c2ccccc23)N1c1ccccc1. The molecule has 0 radical (unpaired) electrons. The molecule has 186 valence electrons. The lowest BCUT2D eigenvalue weighted by atomic mass is 9.71. The first-order valence-corrected chi connectivity index (χ1v) is 13.4. The van der Waals surface area contributed by atoms with Gasteiger partial charge in [-0.1, -0.05) is 103 Å². The average Bonchev–Trinajstić information content (AvgIpc) is 3.47. The van der Waals surface area contributed by atoms with Crippen LogP contribution in [-0.4, -0.2) is 9.92 Å². The summed E-state index contributed by atoms with van der Waals surface area (Å²) in [5.41, 5.74) is 10.8. The van der Waals surface area contributed by atoms with E-state index in [9.17, 15) is 0 Å². The van der Waals surface area contributed by atoms with E-state index in [1.807, 2.05) is 71.5 Å². The molecule has 3 aliphatic rings. The van der Waals surface area contributed by atoms with Gasteiger partial charge >= 0.3 is 0 Å². The topological polar surface area (TPSA) is 36.0 Å². The predicted molar refractivity (Wildman–Crippen MR) is 158 cm³/mol. The Labute approximate surface area is 232 Å². The molecule has 2 heterocycles. The number of rotatable bonds is 3. The molecule has 5 aromatic rings. The molecule has 0 unspecified atom stereocenters. The Morgan fingerprint density at radius 3 is 1.69 bits per heavy atom. The van der Waals surface area contributed by atoms with Crippen molar-refractivity contribution in [2.24, 2.45) is 5.11 Å². The summed E-state index contributed by atoms with van der Waals surface area (Å²) < 4.78 is 0. The molecule has 0 spiro atoms. The quantitative estimate of drug-likeness (QED) is 0.178. The normalized spacial score (nSPS) is 22.4. The third kappa shape index (κ3) is 2.76. The van der Waals surface area contributed by atoms with Crippen molar-refractivity contribution < 1.29 is 4.81 Å². The molecular weight excluding hydrogens is 498 g/mol. The fourth-order valence-electron chi connectivity index (χ4n) is 6.41. The van der Waals surface area contributed by atoms with E-state index in [-0.39, 0.29) is 0 Å². The number of thiocarbonyl (C=S) groups is 1. The van der Waals surface area contributed by atoms with Crippen LogP contribution in [-0.2, 0) is 11.3 Å². The van der Waals surface area contributed by atoms with Gasteiger partial charge in [0.15, 0.2) is 16.4 Å². The number of anilines is 2. The van der Waals surface area contributed by atoms with Crippen molar-refractivity contribution in [2.75, 3.05) is 9.80 Å². The first-order valence-electron chi connectivity index (χ1n) is 13.0. The number of nitrogens with zero attached hydrogens (tertiary/aromatic N) is 5. The highest BCUT2D eigenvalue weighted by Crippen LogP contribution is 2.68. The molecule has 1 aliphatic carbocycles. The highest BCUT2D eigenvalue weighted by atomic mass is 32.1. The Morgan fingerprint density at radius 1 is 0.564 bits per heavy atom. The maximum atomic E-state index is 6.41. The van der Waals surface area contributed by atoms with Crippen molar-refractivity contribution in [1.29, 1.82) is 0 Å². The first-order chi connectivity index (χ1) is 19.3. The lowest BCUT2D eigenvalue weighted by Gasteiger charge is -2.50. The molecule has 2 atom stereocenters. The molecule has 1 fully saturated rings. The Bertz CT molecular complexity index is 1770. The molecule has 1 saturated heterocycles. The molecule has 0 amide bonds. The Balaban J connectivity index is 1.56. The molecule has 39 heavy (non-hydrogen) atoms. The Morgan fingerprint density at radius 2 is 1.05 bits per heavy atom. The number of para-hydroxylation sites is 3. The maximum Gasteiger partial charge on any atom is 0.225 e. The number of hydrogen-bond donors (Lipinski definition) is 0. The van der Waals surface area contributed by atoms with Crippen LogP contribution in [0.1, 0.15) is 11.1 Å². The van der Waals surface area contributed by atoms with Gasteiger partial charge in [-0.25, -0.2) is 0 Å². The van der Waals surface area contributed by atoms with Crippen LogP contribution in [0.2, 0.25) is 0 Å². The molecule has 8 rings (SSSR count). The third-order valence-corrected chi connectivity index (χ3v) is 8.27. The van der Waals surface area contributed by atoms with E-state index in [2.05, 4.69) is 82.6 Å². The van der Waals surface area contributed by atoms with E-state index < -0.39 is 11.3 Å². The van der Waals surface area contributed by atoms with Crippen LogP contribution >= 0.6 is 12.2 Å². The summed E-state index contributed by atoms with van der Waals surface area (Å²) in [5, 5.41) is 6.20. The summed E-state index contributed by atoms with van der Waals surface area (Å²) in [6.07, 6.45) is 0. The standard InChI is InChI=1S/C33H23N5S/c39-31-36(24-14-4-1-5-15-24)32-29-22-12-10-20-27(29)28-21-11-13-23-30(28)33(32,37(31)25-16-6-2-7-17-25)35-38(34-32)26-18-8-3-9-19-26/h1-23H/t32-,33+. The van der Waals surface area contributed by atoms with Crippen LogP contribution in [0.4, 0.5) is 17.1 Å². The summed E-state index contributed by atoms with van der Waals surface area (Å²) in [4.78, 5) is 6.22. The molecule has 0 saturated carbocycles. The number of fused-ring (bicyclic) bond motifs is 3. The lowest BCUT2D eigenvalue weighted by molar-refractivity contribution is -0.457. The van der Waals surface area contributed by atoms with Crippen LogP contribution in [0.5, 0.6) is 0 Å². The van der Waals surface area contributed by atoms with Gasteiger partial charge in [0.2, 0.25) is 5.69 Å². The highest BCUT2D eigenvalue weighted by molar-refractivity contribution is 7.80. The van der Waals surface area contributed by atoms with Gasteiger partial charge in [-0.3, -0.25) is 0 Å². The predicted octanol–water partition coefficient (Wildman–Crippen LogP) is 8.08. The number of azo groups is 1.